The van der Waals surface area contributed by atoms with E-state index in [1.165, 1.54) is 11.9 Å². The van der Waals surface area contributed by atoms with Crippen molar-refractivity contribution in [2.24, 2.45) is 0 Å². The highest BCUT2D eigenvalue weighted by Gasteiger charge is 2.36. The van der Waals surface area contributed by atoms with Crippen molar-refractivity contribution < 1.29 is 9.59 Å². The molecule has 4 heteroatoms. The van der Waals surface area contributed by atoms with Crippen LogP contribution in [0, 0.1) is 0 Å². The second-order valence-corrected chi connectivity index (χ2v) is 4.93. The van der Waals surface area contributed by atoms with E-state index in [1.807, 2.05) is 24.3 Å². The monoisotopic (exact) mass is 246 g/mol. The Bertz CT molecular complexity index is 482. The zero-order valence-corrected chi connectivity index (χ0v) is 10.9. The molecule has 96 valence electrons. The van der Waals surface area contributed by atoms with Gasteiger partial charge in [0.25, 0.3) is 5.91 Å². The molecule has 0 spiro atoms. The van der Waals surface area contributed by atoms with Gasteiger partial charge in [-0.15, -0.1) is 0 Å². The highest BCUT2D eigenvalue weighted by Crippen LogP contribution is 2.26. The lowest BCUT2D eigenvalue weighted by Crippen LogP contribution is -2.32. The summed E-state index contributed by atoms with van der Waals surface area (Å²) in [6, 6.07) is 7.47. The molecule has 1 aromatic carbocycles. The number of carbonyl (C=O) groups excluding carboxylic acids is 2. The van der Waals surface area contributed by atoms with E-state index in [2.05, 4.69) is 19.2 Å². The minimum atomic E-state index is -0.428. The fraction of sp³-hybridized carbons (Fsp3) is 0.429. The summed E-state index contributed by atoms with van der Waals surface area (Å²) in [6.45, 7) is 4.21. The fourth-order valence-electron chi connectivity index (χ4n) is 2.19. The first-order valence-electron chi connectivity index (χ1n) is 6.16. The molecule has 1 N–H and O–H groups in total. The average Bonchev–Trinajstić information content (AvgIpc) is 2.57. The Morgan fingerprint density at radius 2 is 1.94 bits per heavy atom. The fourth-order valence-corrected chi connectivity index (χ4v) is 2.19. The Kier molecular flexibility index (Phi) is 3.36. The molecule has 1 fully saturated rings. The van der Waals surface area contributed by atoms with Gasteiger partial charge < -0.3 is 5.32 Å². The summed E-state index contributed by atoms with van der Waals surface area (Å²) in [5.41, 5.74) is 2.10. The normalized spacial score (nSPS) is 19.8. The molecule has 0 aliphatic carbocycles. The maximum Gasteiger partial charge on any atom is 0.251 e. The lowest BCUT2D eigenvalue weighted by Gasteiger charge is -2.17. The van der Waals surface area contributed by atoms with Crippen molar-refractivity contribution in [2.45, 2.75) is 32.2 Å². The van der Waals surface area contributed by atoms with Gasteiger partial charge in [-0.05, 0) is 17.5 Å². The molecule has 0 saturated carbocycles. The molecule has 0 bridgehead atoms. The molecular formula is C14H18N2O2. The average molecular weight is 246 g/mol. The number of hydrogen-bond acceptors (Lipinski definition) is 3. The Labute approximate surface area is 107 Å². The molecule has 1 unspecified atom stereocenters. The van der Waals surface area contributed by atoms with Crippen molar-refractivity contribution in [3.8, 4) is 0 Å². The molecular weight excluding hydrogens is 228 g/mol. The minimum absolute atomic E-state index is 0.125. The zero-order valence-electron chi connectivity index (χ0n) is 10.9. The van der Waals surface area contributed by atoms with Gasteiger partial charge in [0.15, 0.2) is 0 Å². The van der Waals surface area contributed by atoms with E-state index in [9.17, 15) is 9.59 Å². The van der Waals surface area contributed by atoms with Crippen LogP contribution in [-0.4, -0.2) is 29.8 Å². The third-order valence-electron chi connectivity index (χ3n) is 3.29. The van der Waals surface area contributed by atoms with E-state index in [0.717, 1.165) is 11.3 Å². The number of para-hydroxylation sites is 1. The van der Waals surface area contributed by atoms with Crippen LogP contribution in [0.2, 0.25) is 0 Å². The van der Waals surface area contributed by atoms with Crippen LogP contribution in [0.25, 0.3) is 0 Å². The molecule has 0 radical (unpaired) electrons. The number of rotatable bonds is 3. The van der Waals surface area contributed by atoms with Crippen molar-refractivity contribution in [3.05, 3.63) is 29.8 Å². The molecule has 18 heavy (non-hydrogen) atoms. The Morgan fingerprint density at radius 1 is 1.28 bits per heavy atom. The van der Waals surface area contributed by atoms with E-state index >= 15 is 0 Å². The van der Waals surface area contributed by atoms with Crippen LogP contribution in [0.4, 0.5) is 5.69 Å². The van der Waals surface area contributed by atoms with E-state index in [4.69, 9.17) is 0 Å². The van der Waals surface area contributed by atoms with E-state index in [1.54, 1.807) is 0 Å². The molecule has 2 amide bonds. The molecule has 1 heterocycles. The number of amides is 2. The van der Waals surface area contributed by atoms with Crippen molar-refractivity contribution >= 4 is 17.5 Å². The number of benzene rings is 1. The molecule has 1 aliphatic heterocycles. The maximum absolute atomic E-state index is 11.8. The van der Waals surface area contributed by atoms with Crippen LogP contribution >= 0.6 is 0 Å². The summed E-state index contributed by atoms with van der Waals surface area (Å²) in [5.74, 6) is 0.0942. The summed E-state index contributed by atoms with van der Waals surface area (Å²) < 4.78 is 0. The maximum atomic E-state index is 11.8. The van der Waals surface area contributed by atoms with E-state index in [0.29, 0.717) is 5.92 Å². The van der Waals surface area contributed by atoms with Crippen molar-refractivity contribution in [2.75, 3.05) is 12.4 Å². The summed E-state index contributed by atoms with van der Waals surface area (Å²) >= 11 is 0. The van der Waals surface area contributed by atoms with Gasteiger partial charge in [-0.1, -0.05) is 32.0 Å². The Balaban J connectivity index is 2.20. The first-order chi connectivity index (χ1) is 8.50. The predicted molar refractivity (Wildman–Crippen MR) is 70.3 cm³/mol. The number of hydrogen-bond donors (Lipinski definition) is 1. The first-order valence-corrected chi connectivity index (χ1v) is 6.16. The summed E-state index contributed by atoms with van der Waals surface area (Å²) in [6.07, 6.45) is 0.238. The van der Waals surface area contributed by atoms with Crippen LogP contribution < -0.4 is 5.32 Å². The third kappa shape index (κ3) is 2.23. The van der Waals surface area contributed by atoms with Gasteiger partial charge in [-0.3, -0.25) is 14.5 Å². The lowest BCUT2D eigenvalue weighted by atomic mass is 10.0. The zero-order chi connectivity index (χ0) is 13.3. The molecule has 0 aromatic heterocycles. The second kappa shape index (κ2) is 4.80. The number of nitrogens with zero attached hydrogens (tertiary/aromatic N) is 1. The Hall–Kier alpha value is -1.84. The van der Waals surface area contributed by atoms with Crippen LogP contribution in [-0.2, 0) is 9.59 Å². The van der Waals surface area contributed by atoms with Crippen LogP contribution in [0.1, 0.15) is 31.7 Å². The quantitative estimate of drug-likeness (QED) is 0.830. The van der Waals surface area contributed by atoms with Gasteiger partial charge in [0.1, 0.15) is 6.04 Å². The molecule has 4 nitrogen and oxygen atoms in total. The van der Waals surface area contributed by atoms with Gasteiger partial charge in [0, 0.05) is 12.7 Å². The number of imide groups is 1. The first kappa shape index (κ1) is 12.6. The predicted octanol–water partition coefficient (Wildman–Crippen LogP) is 1.98. The van der Waals surface area contributed by atoms with Gasteiger partial charge in [-0.2, -0.15) is 0 Å². The van der Waals surface area contributed by atoms with Gasteiger partial charge >= 0.3 is 0 Å². The lowest BCUT2D eigenvalue weighted by molar-refractivity contribution is -0.136. The topological polar surface area (TPSA) is 49.4 Å². The van der Waals surface area contributed by atoms with Gasteiger partial charge in [-0.25, -0.2) is 0 Å². The van der Waals surface area contributed by atoms with E-state index < -0.39 is 6.04 Å². The van der Waals surface area contributed by atoms with Crippen LogP contribution in [0.3, 0.4) is 0 Å². The number of anilines is 1. The second-order valence-electron chi connectivity index (χ2n) is 4.93. The molecule has 1 atom stereocenters. The third-order valence-corrected chi connectivity index (χ3v) is 3.29. The summed E-state index contributed by atoms with van der Waals surface area (Å²) in [4.78, 5) is 24.5. The number of likely N-dealkylation sites (N-methyl/N-ethyl adjacent to an activating group) is 1. The van der Waals surface area contributed by atoms with Crippen LogP contribution in [0.5, 0.6) is 0 Å². The number of carbonyl (C=O) groups is 2. The van der Waals surface area contributed by atoms with E-state index in [-0.39, 0.29) is 18.2 Å². The highest BCUT2D eigenvalue weighted by molar-refractivity contribution is 6.06. The van der Waals surface area contributed by atoms with Crippen molar-refractivity contribution in [1.29, 1.82) is 0 Å². The molecule has 1 aliphatic rings. The SMILES string of the molecule is CC(C)c1ccccc1NC1CC(=O)N(C)C1=O. The van der Waals surface area contributed by atoms with Crippen LogP contribution in [0.15, 0.2) is 24.3 Å². The minimum Gasteiger partial charge on any atom is -0.373 e. The summed E-state index contributed by atoms with van der Waals surface area (Å²) in [7, 11) is 1.53. The number of nitrogens with one attached hydrogen (secondary N) is 1. The molecule has 1 saturated heterocycles. The van der Waals surface area contributed by atoms with Crippen molar-refractivity contribution in [3.63, 3.8) is 0 Å². The summed E-state index contributed by atoms with van der Waals surface area (Å²) in [5, 5.41) is 3.19. The largest absolute Gasteiger partial charge is 0.373 e. The molecule has 2 rings (SSSR count). The number of likely N-dealkylation sites (tertiary alicyclic amines) is 1. The smallest absolute Gasteiger partial charge is 0.251 e. The Morgan fingerprint density at radius 3 is 2.50 bits per heavy atom. The standard InChI is InChI=1S/C14H18N2O2/c1-9(2)10-6-4-5-7-11(10)15-12-8-13(17)16(3)14(12)18/h4-7,9,12,15H,8H2,1-3H3. The van der Waals surface area contributed by atoms with Crippen molar-refractivity contribution in [1.82, 2.24) is 4.90 Å². The highest BCUT2D eigenvalue weighted by atomic mass is 16.2. The molecule has 1 aromatic rings. The van der Waals surface area contributed by atoms with Gasteiger partial charge in [0.05, 0.1) is 6.42 Å². The van der Waals surface area contributed by atoms with Gasteiger partial charge in [0.2, 0.25) is 5.91 Å².